The number of amides is 4. The Kier molecular flexibility index (Phi) is 5.81. The Labute approximate surface area is 146 Å². The molecule has 8 heteroatoms. The Morgan fingerprint density at radius 1 is 1.48 bits per heavy atom. The van der Waals surface area contributed by atoms with Gasteiger partial charge in [-0.15, -0.1) is 6.58 Å². The van der Waals surface area contributed by atoms with Crippen LogP contribution in [-0.4, -0.2) is 53.4 Å². The highest BCUT2D eigenvalue weighted by atomic mass is 16.5. The van der Waals surface area contributed by atoms with Crippen LogP contribution in [0.25, 0.3) is 0 Å². The molecular weight excluding hydrogens is 326 g/mol. The lowest BCUT2D eigenvalue weighted by Gasteiger charge is -2.36. The van der Waals surface area contributed by atoms with Crippen molar-refractivity contribution in [1.29, 1.82) is 0 Å². The van der Waals surface area contributed by atoms with Crippen molar-refractivity contribution < 1.29 is 23.9 Å². The fraction of sp³-hybridized carbons (Fsp3) is 0.647. The third kappa shape index (κ3) is 3.83. The lowest BCUT2D eigenvalue weighted by Crippen LogP contribution is -2.54. The van der Waals surface area contributed by atoms with Crippen LogP contribution in [0.4, 0.5) is 4.79 Å². The van der Waals surface area contributed by atoms with Crippen molar-refractivity contribution in [1.82, 2.24) is 15.5 Å². The van der Waals surface area contributed by atoms with Crippen molar-refractivity contribution in [2.75, 3.05) is 13.1 Å². The maximum absolute atomic E-state index is 12.7. The van der Waals surface area contributed by atoms with E-state index in [-0.39, 0.29) is 18.4 Å². The van der Waals surface area contributed by atoms with Crippen molar-refractivity contribution in [2.24, 2.45) is 5.92 Å². The molecule has 0 aromatic rings. The van der Waals surface area contributed by atoms with Gasteiger partial charge in [-0.05, 0) is 25.7 Å². The highest BCUT2D eigenvalue weighted by Gasteiger charge is 2.55. The molecule has 1 spiro atoms. The molecule has 2 N–H and O–H groups in total. The molecule has 1 saturated carbocycles. The van der Waals surface area contributed by atoms with E-state index >= 15 is 0 Å². The van der Waals surface area contributed by atoms with Gasteiger partial charge in [0.2, 0.25) is 0 Å². The molecule has 3 atom stereocenters. The minimum atomic E-state index is -1.02. The first-order valence-corrected chi connectivity index (χ1v) is 8.54. The van der Waals surface area contributed by atoms with E-state index in [1.54, 1.807) is 0 Å². The third-order valence-corrected chi connectivity index (χ3v) is 4.89. The second kappa shape index (κ2) is 7.67. The Hall–Kier alpha value is -2.38. The van der Waals surface area contributed by atoms with Gasteiger partial charge in [0.05, 0.1) is 0 Å². The largest absolute Gasteiger partial charge is 0.451 e. The number of hydrogen-bond donors (Lipinski definition) is 2. The smallest absolute Gasteiger partial charge is 0.327 e. The standard InChI is InChI=1S/C17H25N3O5/c1-4-9-18-14(22)12(3)25-13(21)10-20-15(23)17(19-16(20)24)8-6-5-7-11(17)2/h4,11-12H,1,5-10H2,2-3H3,(H,18,22)(H,19,24)/t11-,12+,17-/m1/s1. The maximum atomic E-state index is 12.7. The van der Waals surface area contributed by atoms with Crippen LogP contribution in [0.3, 0.4) is 0 Å². The minimum absolute atomic E-state index is 0.0160. The molecule has 0 aromatic carbocycles. The molecule has 8 nitrogen and oxygen atoms in total. The second-order valence-corrected chi connectivity index (χ2v) is 6.61. The number of imide groups is 1. The summed E-state index contributed by atoms with van der Waals surface area (Å²) in [7, 11) is 0. The number of rotatable bonds is 6. The van der Waals surface area contributed by atoms with Crippen LogP contribution < -0.4 is 10.6 Å². The SMILES string of the molecule is C=CCNC(=O)[C@H](C)OC(=O)CN1C(=O)N[C@@]2(CCCC[C@H]2C)C1=O. The summed E-state index contributed by atoms with van der Waals surface area (Å²) >= 11 is 0. The zero-order chi connectivity index (χ0) is 18.6. The monoisotopic (exact) mass is 351 g/mol. The van der Waals surface area contributed by atoms with E-state index in [0.717, 1.165) is 24.2 Å². The fourth-order valence-corrected chi connectivity index (χ4v) is 3.37. The Bertz CT molecular complexity index is 591. The maximum Gasteiger partial charge on any atom is 0.327 e. The molecule has 0 radical (unpaired) electrons. The Morgan fingerprint density at radius 2 is 2.20 bits per heavy atom. The molecule has 2 rings (SSSR count). The summed E-state index contributed by atoms with van der Waals surface area (Å²) in [6, 6.07) is -0.584. The summed E-state index contributed by atoms with van der Waals surface area (Å²) in [5.41, 5.74) is -0.914. The predicted octanol–water partition coefficient (Wildman–Crippen LogP) is 0.721. The van der Waals surface area contributed by atoms with Gasteiger partial charge >= 0.3 is 12.0 Å². The number of nitrogens with one attached hydrogen (secondary N) is 2. The molecule has 0 bridgehead atoms. The van der Waals surface area contributed by atoms with Gasteiger partial charge in [0, 0.05) is 6.54 Å². The van der Waals surface area contributed by atoms with Gasteiger partial charge in [-0.1, -0.05) is 25.8 Å². The van der Waals surface area contributed by atoms with E-state index in [1.807, 2.05) is 6.92 Å². The van der Waals surface area contributed by atoms with Crippen LogP contribution in [0.1, 0.15) is 39.5 Å². The average Bonchev–Trinajstić information content (AvgIpc) is 2.80. The van der Waals surface area contributed by atoms with E-state index in [2.05, 4.69) is 17.2 Å². The van der Waals surface area contributed by atoms with E-state index < -0.39 is 36.1 Å². The molecule has 1 heterocycles. The number of carbonyl (C=O) groups excluding carboxylic acids is 4. The molecule has 0 aromatic heterocycles. The van der Waals surface area contributed by atoms with Crippen molar-refractivity contribution >= 4 is 23.8 Å². The number of hydrogen-bond acceptors (Lipinski definition) is 5. The summed E-state index contributed by atoms with van der Waals surface area (Å²) < 4.78 is 5.01. The van der Waals surface area contributed by atoms with Gasteiger partial charge < -0.3 is 15.4 Å². The highest BCUT2D eigenvalue weighted by Crippen LogP contribution is 2.38. The fourth-order valence-electron chi connectivity index (χ4n) is 3.37. The van der Waals surface area contributed by atoms with Crippen molar-refractivity contribution in [3.8, 4) is 0 Å². The summed E-state index contributed by atoms with van der Waals surface area (Å²) in [5, 5.41) is 5.27. The number of ether oxygens (including phenoxy) is 1. The third-order valence-electron chi connectivity index (χ3n) is 4.89. The van der Waals surface area contributed by atoms with E-state index in [0.29, 0.717) is 6.42 Å². The number of urea groups is 1. The van der Waals surface area contributed by atoms with Crippen molar-refractivity contribution in [3.63, 3.8) is 0 Å². The van der Waals surface area contributed by atoms with Crippen LogP contribution in [0.15, 0.2) is 12.7 Å². The van der Waals surface area contributed by atoms with E-state index in [4.69, 9.17) is 4.74 Å². The summed E-state index contributed by atoms with van der Waals surface area (Å²) in [6.07, 6.45) is 3.79. The van der Waals surface area contributed by atoms with Gasteiger partial charge in [0.1, 0.15) is 12.1 Å². The van der Waals surface area contributed by atoms with Crippen LogP contribution in [0.2, 0.25) is 0 Å². The van der Waals surface area contributed by atoms with Gasteiger partial charge in [0.15, 0.2) is 6.10 Å². The minimum Gasteiger partial charge on any atom is -0.451 e. The zero-order valence-corrected chi connectivity index (χ0v) is 14.7. The van der Waals surface area contributed by atoms with Crippen molar-refractivity contribution in [2.45, 2.75) is 51.2 Å². The summed E-state index contributed by atoms with van der Waals surface area (Å²) in [6.45, 7) is 6.59. The zero-order valence-electron chi connectivity index (χ0n) is 14.7. The molecule has 25 heavy (non-hydrogen) atoms. The van der Waals surface area contributed by atoms with Gasteiger partial charge in [-0.3, -0.25) is 19.3 Å². The molecule has 138 valence electrons. The number of esters is 1. The normalized spacial score (nSPS) is 27.0. The number of nitrogens with zero attached hydrogens (tertiary/aromatic N) is 1. The predicted molar refractivity (Wildman–Crippen MR) is 89.4 cm³/mol. The first-order chi connectivity index (χ1) is 11.8. The van der Waals surface area contributed by atoms with E-state index in [9.17, 15) is 19.2 Å². The Morgan fingerprint density at radius 3 is 2.84 bits per heavy atom. The molecule has 1 saturated heterocycles. The Balaban J connectivity index is 1.96. The first kappa shape index (κ1) is 19.0. The van der Waals surface area contributed by atoms with Gasteiger partial charge in [-0.25, -0.2) is 4.79 Å². The molecule has 4 amide bonds. The van der Waals surface area contributed by atoms with Crippen LogP contribution in [0, 0.1) is 5.92 Å². The molecular formula is C17H25N3O5. The van der Waals surface area contributed by atoms with Crippen molar-refractivity contribution in [3.05, 3.63) is 12.7 Å². The molecule has 2 fully saturated rings. The second-order valence-electron chi connectivity index (χ2n) is 6.61. The topological polar surface area (TPSA) is 105 Å². The molecule has 0 unspecified atom stereocenters. The summed E-state index contributed by atoms with van der Waals surface area (Å²) in [4.78, 5) is 49.6. The quantitative estimate of drug-likeness (QED) is 0.417. The lowest BCUT2D eigenvalue weighted by atomic mass is 9.73. The van der Waals surface area contributed by atoms with Crippen LogP contribution in [-0.2, 0) is 19.1 Å². The molecule has 2 aliphatic rings. The first-order valence-electron chi connectivity index (χ1n) is 8.54. The number of carbonyl (C=O) groups is 4. The van der Waals surface area contributed by atoms with Gasteiger partial charge in [0.25, 0.3) is 11.8 Å². The van der Waals surface area contributed by atoms with E-state index in [1.165, 1.54) is 13.0 Å². The van der Waals surface area contributed by atoms with Crippen LogP contribution >= 0.6 is 0 Å². The lowest BCUT2D eigenvalue weighted by molar-refractivity contribution is -0.156. The van der Waals surface area contributed by atoms with Crippen LogP contribution in [0.5, 0.6) is 0 Å². The average molecular weight is 351 g/mol. The molecule has 1 aliphatic carbocycles. The molecule has 1 aliphatic heterocycles. The van der Waals surface area contributed by atoms with Gasteiger partial charge in [-0.2, -0.15) is 0 Å². The highest BCUT2D eigenvalue weighted by molar-refractivity contribution is 6.09. The summed E-state index contributed by atoms with van der Waals surface area (Å²) in [5.74, 6) is -1.64.